The molecule has 0 aliphatic carbocycles. The fourth-order valence-electron chi connectivity index (χ4n) is 2.99. The number of ketones is 1. The lowest BCUT2D eigenvalue weighted by Gasteiger charge is -2.32. The molecule has 3 rings (SSSR count). The molecule has 3 nitrogen and oxygen atoms in total. The van der Waals surface area contributed by atoms with Crippen LogP contribution in [0, 0.1) is 5.82 Å². The summed E-state index contributed by atoms with van der Waals surface area (Å²) in [6, 6.07) is 10.8. The Balaban J connectivity index is 1.98. The highest BCUT2D eigenvalue weighted by atomic mass is 19.1. The van der Waals surface area contributed by atoms with Crippen molar-refractivity contribution in [1.82, 2.24) is 0 Å². The van der Waals surface area contributed by atoms with Gasteiger partial charge in [-0.1, -0.05) is 12.1 Å². The van der Waals surface area contributed by atoms with E-state index in [4.69, 9.17) is 4.74 Å². The van der Waals surface area contributed by atoms with E-state index in [1.807, 2.05) is 18.2 Å². The maximum Gasteiger partial charge on any atom is 0.164 e. The largest absolute Gasteiger partial charge is 0.497 e. The SMILES string of the molecule is COc1ccc2c(c1)CN(c1cccc(F)c1C(C)=O)CC2. The number of rotatable bonds is 3. The van der Waals surface area contributed by atoms with Crippen LogP contribution < -0.4 is 9.64 Å². The lowest BCUT2D eigenvalue weighted by Crippen LogP contribution is -2.31. The van der Waals surface area contributed by atoms with Gasteiger partial charge in [-0.2, -0.15) is 0 Å². The van der Waals surface area contributed by atoms with Crippen LogP contribution in [0.15, 0.2) is 36.4 Å². The van der Waals surface area contributed by atoms with E-state index in [0.29, 0.717) is 12.2 Å². The predicted octanol–water partition coefficient (Wildman–Crippen LogP) is 3.60. The fraction of sp³-hybridized carbons (Fsp3) is 0.278. The molecule has 4 heteroatoms. The van der Waals surface area contributed by atoms with Gasteiger partial charge < -0.3 is 9.64 Å². The number of anilines is 1. The first-order chi connectivity index (χ1) is 10.6. The standard InChI is InChI=1S/C18H18FNO2/c1-12(21)18-16(19)4-3-5-17(18)20-9-8-13-6-7-15(22-2)10-14(13)11-20/h3-7,10H,8-9,11H2,1-2H3. The van der Waals surface area contributed by atoms with E-state index in [0.717, 1.165) is 24.3 Å². The second-order valence-corrected chi connectivity index (χ2v) is 5.50. The van der Waals surface area contributed by atoms with Crippen molar-refractivity contribution >= 4 is 11.5 Å². The first-order valence-corrected chi connectivity index (χ1v) is 7.30. The van der Waals surface area contributed by atoms with Crippen LogP contribution in [0.2, 0.25) is 0 Å². The summed E-state index contributed by atoms with van der Waals surface area (Å²) < 4.78 is 19.3. The van der Waals surface area contributed by atoms with E-state index < -0.39 is 5.82 Å². The Kier molecular flexibility index (Phi) is 3.84. The molecule has 0 bridgehead atoms. The summed E-state index contributed by atoms with van der Waals surface area (Å²) in [5.74, 6) is 0.109. The molecule has 0 atom stereocenters. The number of benzene rings is 2. The topological polar surface area (TPSA) is 29.5 Å². The minimum Gasteiger partial charge on any atom is -0.497 e. The van der Waals surface area contributed by atoms with Crippen LogP contribution >= 0.6 is 0 Å². The molecule has 0 radical (unpaired) electrons. The normalized spacial score (nSPS) is 13.7. The maximum absolute atomic E-state index is 14.0. The second kappa shape index (κ2) is 5.79. The van der Waals surface area contributed by atoms with E-state index in [1.165, 1.54) is 18.6 Å². The highest BCUT2D eigenvalue weighted by Gasteiger charge is 2.22. The number of fused-ring (bicyclic) bond motifs is 1. The summed E-state index contributed by atoms with van der Waals surface area (Å²) in [5.41, 5.74) is 3.28. The van der Waals surface area contributed by atoms with E-state index in [-0.39, 0.29) is 11.3 Å². The second-order valence-electron chi connectivity index (χ2n) is 5.50. The van der Waals surface area contributed by atoms with Gasteiger partial charge in [0.1, 0.15) is 11.6 Å². The van der Waals surface area contributed by atoms with Crippen molar-refractivity contribution < 1.29 is 13.9 Å². The number of hydrogen-bond acceptors (Lipinski definition) is 3. The van der Waals surface area contributed by atoms with E-state index >= 15 is 0 Å². The Morgan fingerprint density at radius 2 is 2.05 bits per heavy atom. The number of hydrogen-bond donors (Lipinski definition) is 0. The highest BCUT2D eigenvalue weighted by Crippen LogP contribution is 2.30. The van der Waals surface area contributed by atoms with Crippen LogP contribution in [0.3, 0.4) is 0 Å². The predicted molar refractivity (Wildman–Crippen MR) is 84.2 cm³/mol. The smallest absolute Gasteiger partial charge is 0.164 e. The minimum atomic E-state index is -0.457. The summed E-state index contributed by atoms with van der Waals surface area (Å²) in [7, 11) is 1.64. The molecule has 2 aromatic carbocycles. The van der Waals surface area contributed by atoms with Gasteiger partial charge in [0.05, 0.1) is 18.4 Å². The van der Waals surface area contributed by atoms with Crippen molar-refractivity contribution in [2.75, 3.05) is 18.6 Å². The average molecular weight is 299 g/mol. The van der Waals surface area contributed by atoms with Crippen molar-refractivity contribution in [2.45, 2.75) is 19.9 Å². The number of Topliss-reactive ketones (excluding diaryl/α,β-unsaturated/α-hetero) is 1. The minimum absolute atomic E-state index is 0.175. The van der Waals surface area contributed by atoms with Gasteiger partial charge in [-0.3, -0.25) is 4.79 Å². The van der Waals surface area contributed by atoms with Gasteiger partial charge >= 0.3 is 0 Å². The molecular weight excluding hydrogens is 281 g/mol. The Morgan fingerprint density at radius 3 is 2.77 bits per heavy atom. The van der Waals surface area contributed by atoms with Gasteiger partial charge in [0.2, 0.25) is 0 Å². The molecule has 0 aromatic heterocycles. The van der Waals surface area contributed by atoms with Crippen molar-refractivity contribution in [1.29, 1.82) is 0 Å². The third-order valence-electron chi connectivity index (χ3n) is 4.11. The van der Waals surface area contributed by atoms with Crippen molar-refractivity contribution in [3.05, 3.63) is 58.9 Å². The molecule has 0 amide bonds. The lowest BCUT2D eigenvalue weighted by atomic mass is 9.97. The van der Waals surface area contributed by atoms with E-state index in [9.17, 15) is 9.18 Å². The summed E-state index contributed by atoms with van der Waals surface area (Å²) in [4.78, 5) is 13.8. The molecule has 1 heterocycles. The number of ether oxygens (including phenoxy) is 1. The fourth-order valence-corrected chi connectivity index (χ4v) is 2.99. The number of nitrogens with zero attached hydrogens (tertiary/aromatic N) is 1. The van der Waals surface area contributed by atoms with Gasteiger partial charge in [0.15, 0.2) is 5.78 Å². The Hall–Kier alpha value is -2.36. The molecule has 0 saturated heterocycles. The van der Waals surface area contributed by atoms with Gasteiger partial charge in [-0.25, -0.2) is 4.39 Å². The molecule has 0 saturated carbocycles. The first kappa shape index (κ1) is 14.6. The summed E-state index contributed by atoms with van der Waals surface area (Å²) in [6.45, 7) is 2.82. The quantitative estimate of drug-likeness (QED) is 0.811. The highest BCUT2D eigenvalue weighted by molar-refractivity contribution is 6.00. The number of halogens is 1. The Morgan fingerprint density at radius 1 is 1.23 bits per heavy atom. The third-order valence-corrected chi connectivity index (χ3v) is 4.11. The van der Waals surface area contributed by atoms with Gasteiger partial charge in [-0.05, 0) is 48.7 Å². The maximum atomic E-state index is 14.0. The molecule has 22 heavy (non-hydrogen) atoms. The molecule has 2 aromatic rings. The zero-order chi connectivity index (χ0) is 15.7. The number of carbonyl (C=O) groups excluding carboxylic acids is 1. The molecule has 1 aliphatic heterocycles. The zero-order valence-electron chi connectivity index (χ0n) is 12.7. The van der Waals surface area contributed by atoms with Crippen molar-refractivity contribution in [3.63, 3.8) is 0 Å². The molecule has 0 unspecified atom stereocenters. The monoisotopic (exact) mass is 299 g/mol. The zero-order valence-corrected chi connectivity index (χ0v) is 12.7. The van der Waals surface area contributed by atoms with E-state index in [2.05, 4.69) is 11.0 Å². The van der Waals surface area contributed by atoms with Crippen LogP contribution in [0.1, 0.15) is 28.4 Å². The summed E-state index contributed by atoms with van der Waals surface area (Å²) in [6.07, 6.45) is 0.868. The van der Waals surface area contributed by atoms with Crippen LogP contribution in [-0.4, -0.2) is 19.4 Å². The van der Waals surface area contributed by atoms with Crippen molar-refractivity contribution in [3.8, 4) is 5.75 Å². The third kappa shape index (κ3) is 2.56. The van der Waals surface area contributed by atoms with Gasteiger partial charge in [-0.15, -0.1) is 0 Å². The number of methoxy groups -OCH3 is 1. The summed E-state index contributed by atoms with van der Waals surface area (Å²) in [5, 5.41) is 0. The van der Waals surface area contributed by atoms with Crippen LogP contribution in [0.25, 0.3) is 0 Å². The molecule has 1 aliphatic rings. The molecular formula is C18H18FNO2. The van der Waals surface area contributed by atoms with Crippen LogP contribution in [-0.2, 0) is 13.0 Å². The van der Waals surface area contributed by atoms with Crippen molar-refractivity contribution in [2.24, 2.45) is 0 Å². The number of carbonyl (C=O) groups is 1. The van der Waals surface area contributed by atoms with Crippen LogP contribution in [0.5, 0.6) is 5.75 Å². The van der Waals surface area contributed by atoms with Crippen LogP contribution in [0.4, 0.5) is 10.1 Å². The molecule has 0 N–H and O–H groups in total. The lowest BCUT2D eigenvalue weighted by molar-refractivity contribution is 0.101. The molecule has 0 spiro atoms. The molecule has 114 valence electrons. The molecule has 0 fully saturated rings. The average Bonchev–Trinajstić information content (AvgIpc) is 2.53. The van der Waals surface area contributed by atoms with Gasteiger partial charge in [0, 0.05) is 13.1 Å². The Labute approximate surface area is 129 Å². The first-order valence-electron chi connectivity index (χ1n) is 7.30. The Bertz CT molecular complexity index is 727. The van der Waals surface area contributed by atoms with E-state index in [1.54, 1.807) is 13.2 Å². The summed E-state index contributed by atoms with van der Waals surface area (Å²) >= 11 is 0. The van der Waals surface area contributed by atoms with Gasteiger partial charge in [0.25, 0.3) is 0 Å².